The lowest BCUT2D eigenvalue weighted by Crippen LogP contribution is -2.27. The molecule has 0 aliphatic carbocycles. The minimum absolute atomic E-state index is 0.0315. The molecule has 0 amide bonds. The lowest BCUT2D eigenvalue weighted by molar-refractivity contribution is 0.726. The highest BCUT2D eigenvalue weighted by molar-refractivity contribution is 7.79. The second-order valence-corrected chi connectivity index (χ2v) is 9.05. The smallest absolute Gasteiger partial charge is 0.0342 e. The highest BCUT2D eigenvalue weighted by Crippen LogP contribution is 2.35. The van der Waals surface area contributed by atoms with E-state index in [9.17, 15) is 0 Å². The zero-order chi connectivity index (χ0) is 19.2. The van der Waals surface area contributed by atoms with Gasteiger partial charge in [0, 0.05) is 6.04 Å². The van der Waals surface area contributed by atoms with E-state index in [2.05, 4.69) is 109 Å². The van der Waals surface area contributed by atoms with Crippen LogP contribution in [0.2, 0.25) is 0 Å². The van der Waals surface area contributed by atoms with Crippen LogP contribution in [-0.4, -0.2) is 0 Å². The van der Waals surface area contributed by atoms with Crippen LogP contribution in [0.1, 0.15) is 17.2 Å². The van der Waals surface area contributed by atoms with E-state index in [1.54, 1.807) is 0 Å². The maximum Gasteiger partial charge on any atom is 0.0342 e. The third kappa shape index (κ3) is 4.22. The van der Waals surface area contributed by atoms with Crippen LogP contribution in [0.3, 0.4) is 0 Å². The van der Waals surface area contributed by atoms with Crippen LogP contribution < -0.4 is 21.6 Å². The number of nitrogens with two attached hydrogens (primary N) is 1. The molecule has 0 aliphatic heterocycles. The number of hydrogen-bond acceptors (Lipinski definition) is 1. The molecule has 1 nitrogen and oxygen atoms in total. The summed E-state index contributed by atoms with van der Waals surface area (Å²) in [4.78, 5) is 0. The minimum Gasteiger partial charge on any atom is -0.324 e. The predicted molar refractivity (Wildman–Crippen MR) is 122 cm³/mol. The summed E-state index contributed by atoms with van der Waals surface area (Å²) in [5.41, 5.74) is 9.24. The van der Waals surface area contributed by atoms with Gasteiger partial charge in [-0.3, -0.25) is 0 Å². The fraction of sp³-hybridized carbons (Fsp3) is 0.0769. The molecule has 0 aromatic heterocycles. The molecular weight excluding hydrogens is 357 g/mol. The van der Waals surface area contributed by atoms with Crippen LogP contribution in [0.5, 0.6) is 0 Å². The molecule has 1 unspecified atom stereocenters. The van der Waals surface area contributed by atoms with Crippen LogP contribution in [0, 0.1) is 0 Å². The van der Waals surface area contributed by atoms with Gasteiger partial charge in [-0.25, -0.2) is 0 Å². The van der Waals surface area contributed by atoms with Gasteiger partial charge < -0.3 is 5.73 Å². The Morgan fingerprint density at radius 1 is 0.571 bits per heavy atom. The Kier molecular flexibility index (Phi) is 5.97. The SMILES string of the molecule is NC(Cc1ccccc1)c1ccccc1P(c1ccccc1)c1ccccc1. The quantitative estimate of drug-likeness (QED) is 0.482. The second-order valence-electron chi connectivity index (χ2n) is 6.86. The van der Waals surface area contributed by atoms with Crippen molar-refractivity contribution in [1.82, 2.24) is 0 Å². The van der Waals surface area contributed by atoms with Crippen LogP contribution in [0.4, 0.5) is 0 Å². The summed E-state index contributed by atoms with van der Waals surface area (Å²) < 4.78 is 0. The molecule has 0 saturated heterocycles. The molecule has 0 saturated carbocycles. The van der Waals surface area contributed by atoms with Crippen molar-refractivity contribution in [3.05, 3.63) is 126 Å². The molecule has 0 heterocycles. The first kappa shape index (κ1) is 18.6. The van der Waals surface area contributed by atoms with Crippen LogP contribution in [0.15, 0.2) is 115 Å². The van der Waals surface area contributed by atoms with Crippen molar-refractivity contribution in [2.24, 2.45) is 5.73 Å². The fourth-order valence-electron chi connectivity index (χ4n) is 3.56. The summed E-state index contributed by atoms with van der Waals surface area (Å²) >= 11 is 0. The number of hydrogen-bond donors (Lipinski definition) is 1. The molecule has 2 heteroatoms. The first-order valence-electron chi connectivity index (χ1n) is 9.61. The van der Waals surface area contributed by atoms with Crippen molar-refractivity contribution < 1.29 is 0 Å². The molecule has 0 bridgehead atoms. The van der Waals surface area contributed by atoms with E-state index in [1.807, 2.05) is 6.07 Å². The van der Waals surface area contributed by atoms with E-state index in [-0.39, 0.29) is 6.04 Å². The molecule has 0 fully saturated rings. The molecule has 4 rings (SSSR count). The predicted octanol–water partition coefficient (Wildman–Crippen LogP) is 4.69. The van der Waals surface area contributed by atoms with Crippen molar-refractivity contribution in [2.75, 3.05) is 0 Å². The summed E-state index contributed by atoms with van der Waals surface area (Å²) in [5.74, 6) is 0. The lowest BCUT2D eigenvalue weighted by Gasteiger charge is -2.25. The van der Waals surface area contributed by atoms with Crippen molar-refractivity contribution in [1.29, 1.82) is 0 Å². The van der Waals surface area contributed by atoms with E-state index in [1.165, 1.54) is 27.0 Å². The van der Waals surface area contributed by atoms with Gasteiger partial charge in [0.05, 0.1) is 0 Å². The topological polar surface area (TPSA) is 26.0 Å². The van der Waals surface area contributed by atoms with Gasteiger partial charge >= 0.3 is 0 Å². The Labute approximate surface area is 168 Å². The third-order valence-corrected chi connectivity index (χ3v) is 7.42. The zero-order valence-corrected chi connectivity index (χ0v) is 16.7. The summed E-state index contributed by atoms with van der Waals surface area (Å²) in [7, 11) is -0.654. The third-order valence-electron chi connectivity index (χ3n) is 4.90. The maximum atomic E-state index is 6.73. The summed E-state index contributed by atoms with van der Waals surface area (Å²) in [6, 6.07) is 40.8. The van der Waals surface area contributed by atoms with Gasteiger partial charge in [0.15, 0.2) is 0 Å². The van der Waals surface area contributed by atoms with Crippen LogP contribution in [0.25, 0.3) is 0 Å². The minimum atomic E-state index is -0.654. The number of rotatable bonds is 6. The molecule has 4 aromatic carbocycles. The normalized spacial score (nSPS) is 12.1. The Bertz CT molecular complexity index is 961. The molecule has 4 aromatic rings. The van der Waals surface area contributed by atoms with Crippen molar-refractivity contribution in [3.63, 3.8) is 0 Å². The van der Waals surface area contributed by atoms with Crippen LogP contribution >= 0.6 is 7.92 Å². The molecule has 0 aliphatic rings. The van der Waals surface area contributed by atoms with Gasteiger partial charge in [-0.1, -0.05) is 115 Å². The summed E-state index contributed by atoms with van der Waals surface area (Å²) in [6.45, 7) is 0. The second kappa shape index (κ2) is 8.97. The standard InChI is InChI=1S/C26H24NP/c27-25(20-21-12-4-1-5-13-21)24-18-10-11-19-26(24)28(22-14-6-2-7-15-22)23-16-8-3-9-17-23/h1-19,25H,20,27H2. The first-order valence-corrected chi connectivity index (χ1v) is 11.0. The van der Waals surface area contributed by atoms with Crippen molar-refractivity contribution in [2.45, 2.75) is 12.5 Å². The molecule has 0 radical (unpaired) electrons. The van der Waals surface area contributed by atoms with E-state index >= 15 is 0 Å². The van der Waals surface area contributed by atoms with Gasteiger partial charge in [0.25, 0.3) is 0 Å². The summed E-state index contributed by atoms with van der Waals surface area (Å²) in [5, 5.41) is 4.05. The average Bonchev–Trinajstić information content (AvgIpc) is 2.76. The molecule has 2 N–H and O–H groups in total. The Morgan fingerprint density at radius 2 is 1.04 bits per heavy atom. The van der Waals surface area contributed by atoms with Crippen LogP contribution in [-0.2, 0) is 6.42 Å². The molecular formula is C26H24NP. The van der Waals surface area contributed by atoms with E-state index in [0.717, 1.165) is 6.42 Å². The van der Waals surface area contributed by atoms with E-state index in [0.29, 0.717) is 0 Å². The maximum absolute atomic E-state index is 6.73. The number of benzene rings is 4. The van der Waals surface area contributed by atoms with E-state index in [4.69, 9.17) is 5.73 Å². The Balaban J connectivity index is 1.77. The largest absolute Gasteiger partial charge is 0.324 e. The average molecular weight is 381 g/mol. The molecule has 138 valence electrons. The highest BCUT2D eigenvalue weighted by Gasteiger charge is 2.21. The van der Waals surface area contributed by atoms with Gasteiger partial charge in [-0.05, 0) is 41.4 Å². The van der Waals surface area contributed by atoms with Gasteiger partial charge in [-0.15, -0.1) is 0 Å². The Morgan fingerprint density at radius 3 is 1.61 bits per heavy atom. The highest BCUT2D eigenvalue weighted by atomic mass is 31.1. The molecule has 1 atom stereocenters. The van der Waals surface area contributed by atoms with Gasteiger partial charge in [0.2, 0.25) is 0 Å². The van der Waals surface area contributed by atoms with Gasteiger partial charge in [0.1, 0.15) is 0 Å². The summed E-state index contributed by atoms with van der Waals surface area (Å²) in [6.07, 6.45) is 0.838. The van der Waals surface area contributed by atoms with E-state index < -0.39 is 7.92 Å². The monoisotopic (exact) mass is 381 g/mol. The molecule has 0 spiro atoms. The molecule has 28 heavy (non-hydrogen) atoms. The van der Waals surface area contributed by atoms with Crippen molar-refractivity contribution in [3.8, 4) is 0 Å². The zero-order valence-electron chi connectivity index (χ0n) is 15.8. The Hall–Kier alpha value is -2.73. The fourth-order valence-corrected chi connectivity index (χ4v) is 6.09. The van der Waals surface area contributed by atoms with Crippen molar-refractivity contribution >= 4 is 23.8 Å². The first-order chi connectivity index (χ1) is 13.8. The lowest BCUT2D eigenvalue weighted by atomic mass is 10.00. The van der Waals surface area contributed by atoms with Gasteiger partial charge in [-0.2, -0.15) is 0 Å².